The Hall–Kier alpha value is -3.14. The zero-order chi connectivity index (χ0) is 15.8. The summed E-state index contributed by atoms with van der Waals surface area (Å²) < 4.78 is 6.98. The van der Waals surface area contributed by atoms with Gasteiger partial charge in [0.2, 0.25) is 5.78 Å². The van der Waals surface area contributed by atoms with Gasteiger partial charge in [0, 0.05) is 17.0 Å². The fraction of sp³-hybridized carbons (Fsp3) is 0.0526. The maximum Gasteiger partial charge on any atom is 0.258 e. The smallest absolute Gasteiger partial charge is 0.258 e. The van der Waals surface area contributed by atoms with Crippen LogP contribution in [0.5, 0.6) is 0 Å². The molecule has 0 fully saturated rings. The van der Waals surface area contributed by atoms with Crippen LogP contribution in [0.25, 0.3) is 21.7 Å². The number of fused-ring (bicyclic) bond motifs is 2. The van der Waals surface area contributed by atoms with Gasteiger partial charge in [0.1, 0.15) is 5.58 Å². The molecule has 2 heterocycles. The van der Waals surface area contributed by atoms with Gasteiger partial charge in [-0.1, -0.05) is 36.4 Å². The second-order valence-electron chi connectivity index (χ2n) is 5.41. The van der Waals surface area contributed by atoms with E-state index in [9.17, 15) is 9.59 Å². The number of hydrogen-bond donors (Lipinski definition) is 0. The number of rotatable bonds is 3. The molecule has 0 unspecified atom stereocenters. The van der Waals surface area contributed by atoms with Gasteiger partial charge >= 0.3 is 0 Å². The van der Waals surface area contributed by atoms with Gasteiger partial charge < -0.3 is 8.98 Å². The molecule has 0 amide bonds. The number of Topliss-reactive ketones (excluding diaryl/α,β-unsaturated/α-hetero) is 1. The zero-order valence-electron chi connectivity index (χ0n) is 12.2. The van der Waals surface area contributed by atoms with Gasteiger partial charge in [-0.2, -0.15) is 0 Å². The van der Waals surface area contributed by atoms with Crippen molar-refractivity contribution >= 4 is 27.5 Å². The van der Waals surface area contributed by atoms with E-state index in [1.807, 2.05) is 48.5 Å². The highest BCUT2D eigenvalue weighted by Crippen LogP contribution is 2.19. The van der Waals surface area contributed by atoms with E-state index >= 15 is 0 Å². The minimum absolute atomic E-state index is 0.0382. The molecule has 4 rings (SSSR count). The van der Waals surface area contributed by atoms with Gasteiger partial charge in [-0.05, 0) is 29.7 Å². The number of benzene rings is 2. The van der Waals surface area contributed by atoms with Crippen LogP contribution in [-0.4, -0.2) is 10.4 Å². The lowest BCUT2D eigenvalue weighted by Crippen LogP contribution is -2.23. The number of carbonyl (C=O) groups is 1. The Morgan fingerprint density at radius 3 is 2.52 bits per heavy atom. The minimum atomic E-state index is -0.224. The van der Waals surface area contributed by atoms with E-state index in [1.54, 1.807) is 18.3 Å². The van der Waals surface area contributed by atoms with Gasteiger partial charge in [0.25, 0.3) is 5.56 Å². The monoisotopic (exact) mass is 303 g/mol. The molecular weight excluding hydrogens is 290 g/mol. The highest BCUT2D eigenvalue weighted by atomic mass is 16.3. The van der Waals surface area contributed by atoms with Crippen LogP contribution in [-0.2, 0) is 6.54 Å². The number of aromatic nitrogens is 1. The number of ketones is 1. The van der Waals surface area contributed by atoms with Gasteiger partial charge in [-0.3, -0.25) is 9.59 Å². The SMILES string of the molecule is O=C(Cn1ccc2ccccc2c1=O)c1cc2ccccc2o1. The van der Waals surface area contributed by atoms with E-state index in [4.69, 9.17) is 4.42 Å². The van der Waals surface area contributed by atoms with Crippen LogP contribution < -0.4 is 5.56 Å². The Morgan fingerprint density at radius 2 is 1.70 bits per heavy atom. The van der Waals surface area contributed by atoms with E-state index in [0.717, 1.165) is 10.8 Å². The number of para-hydroxylation sites is 1. The van der Waals surface area contributed by atoms with Crippen molar-refractivity contribution in [3.8, 4) is 0 Å². The number of pyridine rings is 1. The summed E-state index contributed by atoms with van der Waals surface area (Å²) in [4.78, 5) is 24.9. The van der Waals surface area contributed by atoms with E-state index in [2.05, 4.69) is 0 Å². The van der Waals surface area contributed by atoms with Crippen LogP contribution >= 0.6 is 0 Å². The van der Waals surface area contributed by atoms with Crippen LogP contribution in [0.15, 0.2) is 76.1 Å². The lowest BCUT2D eigenvalue weighted by atomic mass is 10.2. The molecule has 112 valence electrons. The molecule has 0 spiro atoms. The summed E-state index contributed by atoms with van der Waals surface area (Å²) in [5.41, 5.74) is 0.495. The molecule has 0 N–H and O–H groups in total. The third kappa shape index (κ3) is 2.34. The molecule has 0 aliphatic heterocycles. The molecule has 2 aromatic carbocycles. The van der Waals surface area contributed by atoms with Crippen molar-refractivity contribution in [1.82, 2.24) is 4.57 Å². The third-order valence-electron chi connectivity index (χ3n) is 3.90. The van der Waals surface area contributed by atoms with Crippen molar-refractivity contribution in [2.75, 3.05) is 0 Å². The largest absolute Gasteiger partial charge is 0.453 e. The molecular formula is C19H13NO3. The number of hydrogen-bond acceptors (Lipinski definition) is 3. The molecule has 0 saturated heterocycles. The second-order valence-corrected chi connectivity index (χ2v) is 5.41. The van der Waals surface area contributed by atoms with Crippen LogP contribution in [0.1, 0.15) is 10.6 Å². The van der Waals surface area contributed by atoms with Gasteiger partial charge in [-0.25, -0.2) is 0 Å². The van der Waals surface area contributed by atoms with E-state index < -0.39 is 0 Å². The van der Waals surface area contributed by atoms with Crippen LogP contribution in [0, 0.1) is 0 Å². The maximum atomic E-state index is 12.4. The summed E-state index contributed by atoms with van der Waals surface area (Å²) in [6.07, 6.45) is 1.64. The summed E-state index contributed by atoms with van der Waals surface area (Å²) >= 11 is 0. The first-order valence-electron chi connectivity index (χ1n) is 7.32. The fourth-order valence-corrected chi connectivity index (χ4v) is 2.71. The molecule has 2 aromatic heterocycles. The molecule has 0 atom stereocenters. The van der Waals surface area contributed by atoms with Crippen molar-refractivity contribution in [2.24, 2.45) is 0 Å². The van der Waals surface area contributed by atoms with Crippen molar-refractivity contribution in [3.63, 3.8) is 0 Å². The first-order valence-corrected chi connectivity index (χ1v) is 7.32. The molecule has 4 aromatic rings. The van der Waals surface area contributed by atoms with Crippen molar-refractivity contribution in [1.29, 1.82) is 0 Å². The van der Waals surface area contributed by atoms with E-state index in [-0.39, 0.29) is 23.6 Å². The molecule has 4 nitrogen and oxygen atoms in total. The van der Waals surface area contributed by atoms with Gasteiger partial charge in [0.15, 0.2) is 5.76 Å². The lowest BCUT2D eigenvalue weighted by molar-refractivity contribution is 0.0946. The Balaban J connectivity index is 1.71. The molecule has 23 heavy (non-hydrogen) atoms. The average Bonchev–Trinajstić information content (AvgIpc) is 3.02. The average molecular weight is 303 g/mol. The lowest BCUT2D eigenvalue weighted by Gasteiger charge is -2.05. The maximum absolute atomic E-state index is 12.4. The Bertz CT molecular complexity index is 1060. The zero-order valence-corrected chi connectivity index (χ0v) is 12.2. The summed E-state index contributed by atoms with van der Waals surface area (Å²) in [7, 11) is 0. The molecule has 0 bridgehead atoms. The Kier molecular flexibility index (Phi) is 3.08. The Morgan fingerprint density at radius 1 is 0.957 bits per heavy atom. The quantitative estimate of drug-likeness (QED) is 0.543. The molecule has 0 radical (unpaired) electrons. The topological polar surface area (TPSA) is 52.2 Å². The van der Waals surface area contributed by atoms with Crippen molar-refractivity contribution in [2.45, 2.75) is 6.54 Å². The normalized spacial score (nSPS) is 11.1. The van der Waals surface area contributed by atoms with E-state index in [1.165, 1.54) is 4.57 Å². The second kappa shape index (κ2) is 5.25. The van der Waals surface area contributed by atoms with Crippen LogP contribution in [0.2, 0.25) is 0 Å². The Labute approximate surface area is 131 Å². The van der Waals surface area contributed by atoms with Gasteiger partial charge in [0.05, 0.1) is 6.54 Å². The highest BCUT2D eigenvalue weighted by Gasteiger charge is 2.14. The number of furan rings is 1. The number of carbonyl (C=O) groups excluding carboxylic acids is 1. The fourth-order valence-electron chi connectivity index (χ4n) is 2.71. The summed E-state index contributed by atoms with van der Waals surface area (Å²) in [5.74, 6) is 0.0461. The van der Waals surface area contributed by atoms with Crippen LogP contribution in [0.3, 0.4) is 0 Å². The summed E-state index contributed by atoms with van der Waals surface area (Å²) in [6.45, 7) is -0.0382. The predicted molar refractivity (Wildman–Crippen MR) is 88.8 cm³/mol. The predicted octanol–water partition coefficient (Wildman–Crippen LogP) is 3.63. The minimum Gasteiger partial charge on any atom is -0.453 e. The first-order chi connectivity index (χ1) is 11.2. The highest BCUT2D eigenvalue weighted by molar-refractivity contribution is 5.97. The first kappa shape index (κ1) is 13.5. The standard InChI is InChI=1S/C19H13NO3/c21-16(18-11-14-6-2-4-8-17(14)23-18)12-20-10-9-13-5-1-3-7-15(13)19(20)22/h1-11H,12H2. The van der Waals surface area contributed by atoms with Crippen molar-refractivity contribution < 1.29 is 9.21 Å². The van der Waals surface area contributed by atoms with Crippen LogP contribution in [0.4, 0.5) is 0 Å². The summed E-state index contributed by atoms with van der Waals surface area (Å²) in [5, 5.41) is 2.35. The van der Waals surface area contributed by atoms with Crippen molar-refractivity contribution in [3.05, 3.63) is 83.0 Å². The van der Waals surface area contributed by atoms with Gasteiger partial charge in [-0.15, -0.1) is 0 Å². The number of nitrogens with zero attached hydrogens (tertiary/aromatic N) is 1. The van der Waals surface area contributed by atoms with E-state index in [0.29, 0.717) is 11.0 Å². The molecule has 4 heteroatoms. The third-order valence-corrected chi connectivity index (χ3v) is 3.90. The molecule has 0 aliphatic rings. The molecule has 0 aliphatic carbocycles. The summed E-state index contributed by atoms with van der Waals surface area (Å²) in [6, 6.07) is 18.3. The molecule has 0 saturated carbocycles.